The van der Waals surface area contributed by atoms with Gasteiger partial charge in [0.05, 0.1) is 0 Å². The van der Waals surface area contributed by atoms with Crippen molar-refractivity contribution in [3.63, 3.8) is 0 Å². The van der Waals surface area contributed by atoms with E-state index in [0.29, 0.717) is 0 Å². The summed E-state index contributed by atoms with van der Waals surface area (Å²) in [7, 11) is 2.07. The zero-order valence-electron chi connectivity index (χ0n) is 14.0. The second-order valence-corrected chi connectivity index (χ2v) is 5.15. The van der Waals surface area contributed by atoms with E-state index in [9.17, 15) is 0 Å². The van der Waals surface area contributed by atoms with E-state index in [0.717, 1.165) is 11.4 Å². The molecule has 0 aliphatic heterocycles. The molecule has 0 saturated heterocycles. The summed E-state index contributed by atoms with van der Waals surface area (Å²) in [6.45, 7) is 0. The van der Waals surface area contributed by atoms with E-state index < -0.39 is 0 Å². The summed E-state index contributed by atoms with van der Waals surface area (Å²) in [6.07, 6.45) is 22.4. The van der Waals surface area contributed by atoms with Crippen molar-refractivity contribution in [2.24, 2.45) is 0 Å². The highest BCUT2D eigenvalue weighted by molar-refractivity contribution is 5.53. The molecule has 0 aromatic heterocycles. The van der Waals surface area contributed by atoms with Gasteiger partial charge in [-0.25, -0.2) is 0 Å². The van der Waals surface area contributed by atoms with Crippen LogP contribution in [0.2, 0.25) is 0 Å². The molecule has 0 fully saturated rings. The summed E-state index contributed by atoms with van der Waals surface area (Å²) in [5.74, 6) is 0. The molecular formula is C23H23N. The minimum absolute atomic E-state index is 1.11. The topological polar surface area (TPSA) is 3.24 Å². The highest BCUT2D eigenvalue weighted by atomic mass is 15.1. The van der Waals surface area contributed by atoms with Crippen molar-refractivity contribution in [2.45, 2.75) is 0 Å². The number of allylic oxidation sites excluding steroid dienone is 11. The molecule has 0 saturated carbocycles. The van der Waals surface area contributed by atoms with Crippen LogP contribution in [-0.2, 0) is 0 Å². The van der Waals surface area contributed by atoms with Crippen LogP contribution in [0, 0.1) is 0 Å². The van der Waals surface area contributed by atoms with Crippen LogP contribution in [0.25, 0.3) is 0 Å². The Morgan fingerprint density at radius 3 is 1.58 bits per heavy atom. The van der Waals surface area contributed by atoms with Crippen molar-refractivity contribution in [2.75, 3.05) is 11.9 Å². The van der Waals surface area contributed by atoms with Gasteiger partial charge in [-0.2, -0.15) is 0 Å². The lowest BCUT2D eigenvalue weighted by atomic mass is 10.2. The molecule has 0 radical (unpaired) electrons. The lowest BCUT2D eigenvalue weighted by Crippen LogP contribution is -2.14. The first-order valence-corrected chi connectivity index (χ1v) is 8.05. The smallest absolute Gasteiger partial charge is 0.0408 e. The Morgan fingerprint density at radius 2 is 1.00 bits per heavy atom. The molecule has 1 aromatic carbocycles. The Hall–Kier alpha value is -3.06. The summed E-state index contributed by atoms with van der Waals surface area (Å²) >= 11 is 0. The zero-order valence-corrected chi connectivity index (χ0v) is 14.0. The maximum absolute atomic E-state index is 2.17. The molecule has 1 heteroatoms. The number of rotatable bonds is 2. The van der Waals surface area contributed by atoms with Crippen LogP contribution in [0.1, 0.15) is 0 Å². The Labute approximate surface area is 145 Å². The molecule has 0 spiro atoms. The van der Waals surface area contributed by atoms with Gasteiger partial charge in [0.2, 0.25) is 0 Å². The fourth-order valence-corrected chi connectivity index (χ4v) is 2.09. The molecule has 1 aliphatic carbocycles. The third-order valence-electron chi connectivity index (χ3n) is 3.40. The van der Waals surface area contributed by atoms with Crippen LogP contribution in [0.3, 0.4) is 0 Å². The predicted molar refractivity (Wildman–Crippen MR) is 106 cm³/mol. The highest BCUT2D eigenvalue weighted by Crippen LogP contribution is 2.16. The average Bonchev–Trinajstić information content (AvgIpc) is 2.59. The minimum atomic E-state index is 1.11. The summed E-state index contributed by atoms with van der Waals surface area (Å²) in [4.78, 5) is 2.17. The predicted octanol–water partition coefficient (Wildman–Crippen LogP) is 5.93. The Balaban J connectivity index is 2.36. The van der Waals surface area contributed by atoms with E-state index >= 15 is 0 Å². The Morgan fingerprint density at radius 1 is 0.542 bits per heavy atom. The molecular weight excluding hydrogens is 290 g/mol. The van der Waals surface area contributed by atoms with E-state index in [4.69, 9.17) is 0 Å². The highest BCUT2D eigenvalue weighted by Gasteiger charge is 2.01. The number of nitrogens with zero attached hydrogens (tertiary/aromatic N) is 1. The molecule has 1 nitrogen and oxygen atoms in total. The molecule has 2 rings (SSSR count). The molecule has 24 heavy (non-hydrogen) atoms. The summed E-state index contributed by atoms with van der Waals surface area (Å²) < 4.78 is 0. The number of hydrogen-bond donors (Lipinski definition) is 0. The molecule has 0 N–H and O–H groups in total. The maximum atomic E-state index is 2.17. The van der Waals surface area contributed by atoms with E-state index in [-0.39, 0.29) is 0 Å². The molecule has 0 amide bonds. The molecule has 1 aromatic rings. The van der Waals surface area contributed by atoms with Gasteiger partial charge < -0.3 is 4.90 Å². The van der Waals surface area contributed by atoms with Crippen LogP contribution in [0.5, 0.6) is 0 Å². The van der Waals surface area contributed by atoms with Crippen molar-refractivity contribution < 1.29 is 0 Å². The van der Waals surface area contributed by atoms with Crippen LogP contribution >= 0.6 is 0 Å². The SMILES string of the molecule is CN(C1=C\C=C/C=C\C=C/C=C\C=C1)c1ccccccccc1. The van der Waals surface area contributed by atoms with Gasteiger partial charge in [-0.3, -0.25) is 0 Å². The maximum Gasteiger partial charge on any atom is 0.0408 e. The van der Waals surface area contributed by atoms with Crippen LogP contribution in [0.4, 0.5) is 5.69 Å². The van der Waals surface area contributed by atoms with Crippen molar-refractivity contribution in [3.05, 3.63) is 127 Å². The van der Waals surface area contributed by atoms with Crippen molar-refractivity contribution in [3.8, 4) is 0 Å². The summed E-state index contributed by atoms with van der Waals surface area (Å²) in [5, 5.41) is 0. The molecule has 0 heterocycles. The molecule has 1 aliphatic rings. The van der Waals surface area contributed by atoms with Gasteiger partial charge in [-0.15, -0.1) is 0 Å². The van der Waals surface area contributed by atoms with Crippen LogP contribution in [0.15, 0.2) is 127 Å². The second-order valence-electron chi connectivity index (χ2n) is 5.15. The van der Waals surface area contributed by atoms with Crippen molar-refractivity contribution >= 4 is 5.69 Å². The largest absolute Gasteiger partial charge is 0.345 e. The second kappa shape index (κ2) is 10.6. The Kier molecular flexibility index (Phi) is 7.66. The van der Waals surface area contributed by atoms with Crippen molar-refractivity contribution in [1.29, 1.82) is 0 Å². The third-order valence-corrected chi connectivity index (χ3v) is 3.40. The number of hydrogen-bond acceptors (Lipinski definition) is 1. The first kappa shape index (κ1) is 17.3. The quantitative estimate of drug-likeness (QED) is 0.654. The van der Waals surface area contributed by atoms with E-state index in [2.05, 4.69) is 60.5 Å². The fourth-order valence-electron chi connectivity index (χ4n) is 2.09. The zero-order chi connectivity index (χ0) is 16.9. The van der Waals surface area contributed by atoms with E-state index in [1.54, 1.807) is 0 Å². The Bertz CT molecular complexity index is 719. The molecule has 0 atom stereocenters. The third kappa shape index (κ3) is 6.37. The van der Waals surface area contributed by atoms with Crippen LogP contribution < -0.4 is 4.90 Å². The first-order valence-electron chi connectivity index (χ1n) is 8.05. The summed E-state index contributed by atoms with van der Waals surface area (Å²) in [5.41, 5.74) is 2.22. The van der Waals surface area contributed by atoms with Gasteiger partial charge in [-0.05, 0) is 24.3 Å². The monoisotopic (exact) mass is 313 g/mol. The fraction of sp³-hybridized carbons (Fsp3) is 0.0435. The molecule has 120 valence electrons. The normalized spacial score (nSPS) is 18.8. The van der Waals surface area contributed by atoms with Gasteiger partial charge in [-0.1, -0.05) is 97.1 Å². The lowest BCUT2D eigenvalue weighted by Gasteiger charge is -2.19. The van der Waals surface area contributed by atoms with Crippen molar-refractivity contribution in [1.82, 2.24) is 0 Å². The van der Waals surface area contributed by atoms with Gasteiger partial charge >= 0.3 is 0 Å². The minimum Gasteiger partial charge on any atom is -0.345 e. The van der Waals surface area contributed by atoms with Gasteiger partial charge in [0.1, 0.15) is 0 Å². The van der Waals surface area contributed by atoms with E-state index in [1.807, 2.05) is 72.9 Å². The van der Waals surface area contributed by atoms with Crippen LogP contribution in [-0.4, -0.2) is 7.05 Å². The average molecular weight is 313 g/mol. The standard InChI is InChI=1S/C23H23N/c1-24(23-20-16-12-8-5-9-13-17-21-23)22-18-14-10-6-3-2-4-7-11-15-19-22/h2-21H,1H3/b3-2-,4-2?,6-3?,7-4-,8-5?,9-5?,10-6-,11-7?,12-8?,13-9?,14-10?,15-11-,16-12?,17-13?,18-14?,19-15?,20-16?,21-17?,22-18?,22-19?,23-20?,23-21?. The van der Waals surface area contributed by atoms with Gasteiger partial charge in [0.15, 0.2) is 0 Å². The first-order chi connectivity index (χ1) is 11.9. The number of likely N-dealkylation sites (N-methyl/N-ethyl adjacent to an activating group) is 1. The molecule has 0 bridgehead atoms. The van der Waals surface area contributed by atoms with Gasteiger partial charge in [0.25, 0.3) is 0 Å². The summed E-state index contributed by atoms with van der Waals surface area (Å²) in [6, 6.07) is 18.4. The van der Waals surface area contributed by atoms with Gasteiger partial charge in [0, 0.05) is 18.4 Å². The number of anilines is 1. The lowest BCUT2D eigenvalue weighted by molar-refractivity contribution is 1.14. The van der Waals surface area contributed by atoms with E-state index in [1.165, 1.54) is 0 Å². The molecule has 0 unspecified atom stereocenters.